The van der Waals surface area contributed by atoms with Gasteiger partial charge in [-0.25, -0.2) is 9.78 Å². The number of amides is 1. The van der Waals surface area contributed by atoms with Crippen LogP contribution in [0.5, 0.6) is 0 Å². The average Bonchev–Trinajstić information content (AvgIpc) is 3.06. The van der Waals surface area contributed by atoms with Gasteiger partial charge in [0.1, 0.15) is 5.60 Å². The molecule has 1 aromatic heterocycles. The van der Waals surface area contributed by atoms with Crippen LogP contribution in [0, 0.1) is 0 Å². The van der Waals surface area contributed by atoms with Crippen molar-refractivity contribution >= 4 is 47.4 Å². The zero-order valence-electron chi connectivity index (χ0n) is 18.9. The predicted molar refractivity (Wildman–Crippen MR) is 133 cm³/mol. The van der Waals surface area contributed by atoms with Crippen molar-refractivity contribution in [2.75, 3.05) is 26.7 Å². The van der Waals surface area contributed by atoms with Gasteiger partial charge < -0.3 is 20.3 Å². The maximum atomic E-state index is 12.3. The molecule has 9 heteroatoms. The second-order valence-corrected chi connectivity index (χ2v) is 9.07. The van der Waals surface area contributed by atoms with E-state index in [0.29, 0.717) is 6.54 Å². The number of ether oxygens (including phenoxy) is 1. The van der Waals surface area contributed by atoms with Crippen LogP contribution in [0.2, 0.25) is 0 Å². The minimum atomic E-state index is -0.482. The van der Waals surface area contributed by atoms with Gasteiger partial charge in [-0.3, -0.25) is 4.99 Å². The first kappa shape index (κ1) is 27.9. The van der Waals surface area contributed by atoms with Crippen LogP contribution in [0.3, 0.4) is 0 Å². The summed E-state index contributed by atoms with van der Waals surface area (Å²) in [5, 5.41) is 7.75. The summed E-state index contributed by atoms with van der Waals surface area (Å²) < 4.78 is 5.49. The van der Waals surface area contributed by atoms with Gasteiger partial charge in [-0.05, 0) is 47.5 Å². The molecule has 2 N–H and O–H groups in total. The highest BCUT2D eigenvalue weighted by Crippen LogP contribution is 2.13. The number of nitrogens with one attached hydrogen (secondary N) is 2. The Balaban J connectivity index is 0.00000784. The van der Waals surface area contributed by atoms with Crippen LogP contribution in [-0.4, -0.2) is 60.3 Å². The summed E-state index contributed by atoms with van der Waals surface area (Å²) in [5.74, 6) is 0.764. The first-order chi connectivity index (χ1) is 13.2. The van der Waals surface area contributed by atoms with Crippen molar-refractivity contribution in [3.8, 4) is 0 Å². The number of thiazole rings is 1. The summed E-state index contributed by atoms with van der Waals surface area (Å²) >= 11 is 1.77. The summed E-state index contributed by atoms with van der Waals surface area (Å²) in [4.78, 5) is 24.1. The molecule has 0 aliphatic heterocycles. The summed E-state index contributed by atoms with van der Waals surface area (Å²) in [6, 6.07) is 0.0959. The lowest BCUT2D eigenvalue weighted by Gasteiger charge is -2.30. The van der Waals surface area contributed by atoms with Crippen molar-refractivity contribution < 1.29 is 9.53 Å². The molecule has 0 aromatic carbocycles. The molecule has 0 aliphatic carbocycles. The molecule has 0 bridgehead atoms. The molecule has 0 radical (unpaired) electrons. The molecule has 0 aliphatic rings. The molecule has 7 nitrogen and oxygen atoms in total. The normalized spacial score (nSPS) is 11.8. The number of carbonyl (C=O) groups is 1. The minimum Gasteiger partial charge on any atom is -0.444 e. The zero-order chi connectivity index (χ0) is 21.2. The number of aliphatic imine (C=N–C) groups is 1. The molecular formula is C20H38IN5O2S. The molecule has 29 heavy (non-hydrogen) atoms. The average molecular weight is 540 g/mol. The monoisotopic (exact) mass is 539 g/mol. The molecule has 168 valence electrons. The van der Waals surface area contributed by atoms with Crippen LogP contribution in [0.4, 0.5) is 4.79 Å². The maximum Gasteiger partial charge on any atom is 0.410 e. The van der Waals surface area contributed by atoms with Gasteiger partial charge in [0.2, 0.25) is 0 Å². The quantitative estimate of drug-likeness (QED) is 0.214. The Morgan fingerprint density at radius 3 is 2.48 bits per heavy atom. The molecule has 1 heterocycles. The van der Waals surface area contributed by atoms with E-state index in [9.17, 15) is 4.79 Å². The number of hydrogen-bond acceptors (Lipinski definition) is 5. The van der Waals surface area contributed by atoms with E-state index in [4.69, 9.17) is 4.74 Å². The highest BCUT2D eigenvalue weighted by molar-refractivity contribution is 14.0. The van der Waals surface area contributed by atoms with Crippen molar-refractivity contribution in [1.29, 1.82) is 0 Å². The molecule has 0 saturated heterocycles. The molecular weight excluding hydrogens is 501 g/mol. The molecule has 0 saturated carbocycles. The minimum absolute atomic E-state index is 0. The Kier molecular flexibility index (Phi) is 13.5. The van der Waals surface area contributed by atoms with Gasteiger partial charge in [0.05, 0.1) is 5.01 Å². The SMILES string of the molecule is CCc1cnc(CCNC(=NC)NCCCN(C(=O)OC(C)(C)C)C(C)C)s1.I. The van der Waals surface area contributed by atoms with E-state index in [0.717, 1.165) is 43.3 Å². The van der Waals surface area contributed by atoms with Gasteiger partial charge in [-0.1, -0.05) is 6.92 Å². The van der Waals surface area contributed by atoms with Gasteiger partial charge in [-0.15, -0.1) is 35.3 Å². The third-order valence-corrected chi connectivity index (χ3v) is 5.13. The van der Waals surface area contributed by atoms with E-state index in [1.54, 1.807) is 23.3 Å². The Labute approximate surface area is 197 Å². The standard InChI is InChI=1S/C20H37N5O2S.HI/c1-8-16-14-24-17(28-16)10-12-23-18(21-7)22-11-9-13-25(15(2)3)19(26)27-20(4,5)6;/h14-15H,8-13H2,1-7H3,(H2,21,22,23);1H. The van der Waals surface area contributed by atoms with Crippen LogP contribution < -0.4 is 10.6 Å². The number of carbonyl (C=O) groups excluding carboxylic acids is 1. The van der Waals surface area contributed by atoms with Crippen molar-refractivity contribution in [1.82, 2.24) is 20.5 Å². The lowest BCUT2D eigenvalue weighted by atomic mass is 10.2. The van der Waals surface area contributed by atoms with Gasteiger partial charge in [-0.2, -0.15) is 0 Å². The highest BCUT2D eigenvalue weighted by Gasteiger charge is 2.23. The number of aryl methyl sites for hydroxylation is 1. The summed E-state index contributed by atoms with van der Waals surface area (Å²) in [6.45, 7) is 13.9. The molecule has 0 unspecified atom stereocenters. The predicted octanol–water partition coefficient (Wildman–Crippen LogP) is 4.07. The largest absolute Gasteiger partial charge is 0.444 e. The molecule has 0 atom stereocenters. The smallest absolute Gasteiger partial charge is 0.410 e. The summed E-state index contributed by atoms with van der Waals surface area (Å²) in [6.07, 6.45) is 4.42. The second-order valence-electron chi connectivity index (χ2n) is 7.87. The topological polar surface area (TPSA) is 78.9 Å². The Morgan fingerprint density at radius 1 is 1.31 bits per heavy atom. The van der Waals surface area contributed by atoms with Crippen LogP contribution in [-0.2, 0) is 17.6 Å². The number of nitrogens with zero attached hydrogens (tertiary/aromatic N) is 3. The molecule has 1 aromatic rings. The summed E-state index contributed by atoms with van der Waals surface area (Å²) in [7, 11) is 1.76. The van der Waals surface area contributed by atoms with Crippen LogP contribution >= 0.6 is 35.3 Å². The van der Waals surface area contributed by atoms with E-state index in [1.165, 1.54) is 4.88 Å². The number of rotatable bonds is 9. The Hall–Kier alpha value is -1.10. The van der Waals surface area contributed by atoms with Crippen molar-refractivity contribution in [2.24, 2.45) is 4.99 Å². The highest BCUT2D eigenvalue weighted by atomic mass is 127. The first-order valence-electron chi connectivity index (χ1n) is 10.0. The fourth-order valence-corrected chi connectivity index (χ4v) is 3.33. The third-order valence-electron chi connectivity index (χ3n) is 3.92. The Morgan fingerprint density at radius 2 is 1.97 bits per heavy atom. The number of hydrogen-bond donors (Lipinski definition) is 2. The maximum absolute atomic E-state index is 12.3. The Bertz CT molecular complexity index is 629. The van der Waals surface area contributed by atoms with Gasteiger partial charge in [0, 0.05) is 50.2 Å². The van der Waals surface area contributed by atoms with Crippen molar-refractivity contribution in [3.05, 3.63) is 16.1 Å². The fraction of sp³-hybridized carbons (Fsp3) is 0.750. The molecule has 0 fully saturated rings. The van der Waals surface area contributed by atoms with Gasteiger partial charge >= 0.3 is 6.09 Å². The molecule has 1 amide bonds. The second kappa shape index (κ2) is 14.0. The van der Waals surface area contributed by atoms with Crippen molar-refractivity contribution in [2.45, 2.75) is 72.4 Å². The van der Waals surface area contributed by atoms with Crippen LogP contribution in [0.25, 0.3) is 0 Å². The number of guanidine groups is 1. The van der Waals surface area contributed by atoms with E-state index >= 15 is 0 Å². The summed E-state index contributed by atoms with van der Waals surface area (Å²) in [5.41, 5.74) is -0.482. The van der Waals surface area contributed by atoms with E-state index in [-0.39, 0.29) is 36.1 Å². The lowest BCUT2D eigenvalue weighted by Crippen LogP contribution is -2.43. The first-order valence-corrected chi connectivity index (χ1v) is 10.9. The van der Waals surface area contributed by atoms with Gasteiger partial charge in [0.25, 0.3) is 0 Å². The van der Waals surface area contributed by atoms with Crippen molar-refractivity contribution in [3.63, 3.8) is 0 Å². The van der Waals surface area contributed by atoms with Crippen LogP contribution in [0.15, 0.2) is 11.2 Å². The van der Waals surface area contributed by atoms with E-state index < -0.39 is 5.60 Å². The van der Waals surface area contributed by atoms with E-state index in [2.05, 4.69) is 27.5 Å². The third kappa shape index (κ3) is 11.6. The molecule has 1 rings (SSSR count). The van der Waals surface area contributed by atoms with Crippen LogP contribution in [0.1, 0.15) is 57.8 Å². The number of halogens is 1. The fourth-order valence-electron chi connectivity index (χ4n) is 2.47. The van der Waals surface area contributed by atoms with Gasteiger partial charge in [0.15, 0.2) is 5.96 Å². The zero-order valence-corrected chi connectivity index (χ0v) is 22.0. The molecule has 0 spiro atoms. The van der Waals surface area contributed by atoms with E-state index in [1.807, 2.05) is 40.8 Å². The lowest BCUT2D eigenvalue weighted by molar-refractivity contribution is 0.0190. The number of aromatic nitrogens is 1.